The highest BCUT2D eigenvalue weighted by Crippen LogP contribution is 2.23. The van der Waals surface area contributed by atoms with Crippen molar-refractivity contribution in [1.82, 2.24) is 20.4 Å². The van der Waals surface area contributed by atoms with Crippen molar-refractivity contribution in [2.24, 2.45) is 5.92 Å². The molecule has 0 radical (unpaired) electrons. The Hall–Kier alpha value is -2.81. The van der Waals surface area contributed by atoms with Gasteiger partial charge in [-0.15, -0.1) is 10.2 Å². The molecular formula is C23H29N5O3S. The Balaban J connectivity index is 1.34. The number of anilines is 1. The molecule has 170 valence electrons. The first kappa shape index (κ1) is 22.4. The Kier molecular flexibility index (Phi) is 7.47. The third-order valence-corrected chi connectivity index (χ3v) is 7.02. The Morgan fingerprint density at radius 2 is 1.62 bits per heavy atom. The third kappa shape index (κ3) is 5.70. The fourth-order valence-electron chi connectivity index (χ4n) is 4.36. The van der Waals surface area contributed by atoms with E-state index in [0.717, 1.165) is 49.9 Å². The van der Waals surface area contributed by atoms with Gasteiger partial charge in [-0.2, -0.15) is 0 Å². The quantitative estimate of drug-likeness (QED) is 0.672. The maximum absolute atomic E-state index is 13.0. The van der Waals surface area contributed by atoms with E-state index in [1.165, 1.54) is 12.8 Å². The summed E-state index contributed by atoms with van der Waals surface area (Å²) in [4.78, 5) is 39.9. The van der Waals surface area contributed by atoms with Gasteiger partial charge in [-0.25, -0.2) is 0 Å². The normalized spacial score (nSPS) is 19.8. The molecule has 2 heterocycles. The first-order valence-electron chi connectivity index (χ1n) is 11.4. The zero-order chi connectivity index (χ0) is 22.3. The van der Waals surface area contributed by atoms with E-state index in [-0.39, 0.29) is 33.8 Å². The van der Waals surface area contributed by atoms with Gasteiger partial charge < -0.3 is 15.5 Å². The van der Waals surface area contributed by atoms with Crippen molar-refractivity contribution in [3.05, 3.63) is 40.3 Å². The summed E-state index contributed by atoms with van der Waals surface area (Å²) in [5.41, 5.74) is 0.652. The second-order valence-electron chi connectivity index (χ2n) is 8.52. The number of hydrogen-bond donors (Lipinski definition) is 2. The van der Waals surface area contributed by atoms with Crippen LogP contribution >= 0.6 is 11.3 Å². The van der Waals surface area contributed by atoms with Crippen LogP contribution in [0.2, 0.25) is 0 Å². The second-order valence-corrected chi connectivity index (χ2v) is 9.50. The average Bonchev–Trinajstić information content (AvgIpc) is 3.18. The van der Waals surface area contributed by atoms with Crippen molar-refractivity contribution in [3.8, 4) is 0 Å². The number of amides is 3. The summed E-state index contributed by atoms with van der Waals surface area (Å²) in [6.45, 7) is 0.958. The van der Waals surface area contributed by atoms with E-state index in [4.69, 9.17) is 0 Å². The third-order valence-electron chi connectivity index (χ3n) is 6.11. The van der Waals surface area contributed by atoms with E-state index in [1.807, 2.05) is 18.2 Å². The van der Waals surface area contributed by atoms with E-state index in [2.05, 4.69) is 20.8 Å². The van der Waals surface area contributed by atoms with Gasteiger partial charge in [-0.1, -0.05) is 55.2 Å². The number of nitrogens with zero attached hydrogens (tertiary/aromatic N) is 3. The zero-order valence-corrected chi connectivity index (χ0v) is 18.9. The number of carbonyl (C=O) groups is 3. The average molecular weight is 456 g/mol. The van der Waals surface area contributed by atoms with Crippen LogP contribution in [0.25, 0.3) is 0 Å². The molecule has 1 aliphatic heterocycles. The number of carbonyl (C=O) groups excluding carboxylic acids is 3. The van der Waals surface area contributed by atoms with E-state index in [0.29, 0.717) is 18.8 Å². The van der Waals surface area contributed by atoms with Crippen LogP contribution in [0.15, 0.2) is 30.3 Å². The highest BCUT2D eigenvalue weighted by Gasteiger charge is 2.31. The molecule has 4 rings (SSSR count). The van der Waals surface area contributed by atoms with E-state index < -0.39 is 5.91 Å². The summed E-state index contributed by atoms with van der Waals surface area (Å²) in [6, 6.07) is 9.31. The van der Waals surface area contributed by atoms with Crippen molar-refractivity contribution < 1.29 is 14.4 Å². The molecule has 8 nitrogen and oxygen atoms in total. The van der Waals surface area contributed by atoms with Crippen LogP contribution in [-0.2, 0) is 4.79 Å². The van der Waals surface area contributed by atoms with Gasteiger partial charge in [0.25, 0.3) is 11.8 Å². The van der Waals surface area contributed by atoms with Gasteiger partial charge in [0.1, 0.15) is 0 Å². The SMILES string of the molecule is O=C(Nc1ccccc1)c1nnc(C(=O)N2CCC[C@H](C(=O)NC3CCCCCC3)C2)s1. The number of aromatic nitrogens is 2. The lowest BCUT2D eigenvalue weighted by Gasteiger charge is -2.32. The van der Waals surface area contributed by atoms with E-state index in [1.54, 1.807) is 17.0 Å². The number of piperidine rings is 1. The largest absolute Gasteiger partial charge is 0.353 e. The molecule has 0 spiro atoms. The number of benzene rings is 1. The van der Waals surface area contributed by atoms with Crippen LogP contribution in [0.1, 0.15) is 71.0 Å². The van der Waals surface area contributed by atoms with Crippen LogP contribution in [-0.4, -0.2) is 52.0 Å². The summed E-state index contributed by atoms with van der Waals surface area (Å²) in [6.07, 6.45) is 8.45. The van der Waals surface area contributed by atoms with Crippen LogP contribution < -0.4 is 10.6 Å². The fourth-order valence-corrected chi connectivity index (χ4v) is 5.07. The van der Waals surface area contributed by atoms with Crippen molar-refractivity contribution in [3.63, 3.8) is 0 Å². The predicted octanol–water partition coefficient (Wildman–Crippen LogP) is 3.48. The molecule has 1 aromatic carbocycles. The Morgan fingerprint density at radius 3 is 2.38 bits per heavy atom. The lowest BCUT2D eigenvalue weighted by Crippen LogP contribution is -2.47. The Labute approximate surface area is 191 Å². The van der Waals surface area contributed by atoms with Crippen molar-refractivity contribution in [2.45, 2.75) is 57.4 Å². The molecule has 2 aliphatic rings. The Bertz CT molecular complexity index is 940. The molecule has 2 N–H and O–H groups in total. The van der Waals surface area contributed by atoms with Gasteiger partial charge in [-0.05, 0) is 37.8 Å². The molecule has 2 fully saturated rings. The van der Waals surface area contributed by atoms with Crippen LogP contribution in [0.4, 0.5) is 5.69 Å². The molecule has 0 bridgehead atoms. The highest BCUT2D eigenvalue weighted by molar-refractivity contribution is 7.15. The van der Waals surface area contributed by atoms with Crippen LogP contribution in [0.3, 0.4) is 0 Å². The topological polar surface area (TPSA) is 104 Å². The van der Waals surface area contributed by atoms with Gasteiger partial charge in [0, 0.05) is 24.8 Å². The van der Waals surface area contributed by atoms with Crippen molar-refractivity contribution in [1.29, 1.82) is 0 Å². The zero-order valence-electron chi connectivity index (χ0n) is 18.1. The number of rotatable bonds is 5. The van der Waals surface area contributed by atoms with Gasteiger partial charge in [0.15, 0.2) is 0 Å². The lowest BCUT2D eigenvalue weighted by atomic mass is 9.96. The second kappa shape index (κ2) is 10.7. The predicted molar refractivity (Wildman–Crippen MR) is 123 cm³/mol. The van der Waals surface area contributed by atoms with Crippen LogP contribution in [0, 0.1) is 5.92 Å². The lowest BCUT2D eigenvalue weighted by molar-refractivity contribution is -0.127. The summed E-state index contributed by atoms with van der Waals surface area (Å²) >= 11 is 0.976. The number of para-hydroxylation sites is 1. The number of nitrogens with one attached hydrogen (secondary N) is 2. The molecule has 0 unspecified atom stereocenters. The molecule has 32 heavy (non-hydrogen) atoms. The minimum absolute atomic E-state index is 0.0505. The standard InChI is InChI=1S/C23H29N5O3S/c29-19(24-17-10-4-1-2-5-11-17)16-9-8-14-28(15-16)23(31)22-27-26-21(32-22)20(30)25-18-12-6-3-7-13-18/h3,6-7,12-13,16-17H,1-2,4-5,8-11,14-15H2,(H,24,29)(H,25,30)/t16-/m0/s1. The minimum Gasteiger partial charge on any atom is -0.353 e. The molecule has 9 heteroatoms. The van der Waals surface area contributed by atoms with Gasteiger partial charge in [-0.3, -0.25) is 14.4 Å². The van der Waals surface area contributed by atoms with E-state index in [9.17, 15) is 14.4 Å². The maximum Gasteiger partial charge on any atom is 0.286 e. The fraction of sp³-hybridized carbons (Fsp3) is 0.522. The van der Waals surface area contributed by atoms with Crippen LogP contribution in [0.5, 0.6) is 0 Å². The number of likely N-dealkylation sites (tertiary alicyclic amines) is 1. The van der Waals surface area contributed by atoms with Gasteiger partial charge >= 0.3 is 0 Å². The van der Waals surface area contributed by atoms with Gasteiger partial charge in [0.2, 0.25) is 15.9 Å². The smallest absolute Gasteiger partial charge is 0.286 e. The summed E-state index contributed by atoms with van der Waals surface area (Å²) < 4.78 is 0. The van der Waals surface area contributed by atoms with Crippen molar-refractivity contribution in [2.75, 3.05) is 18.4 Å². The number of hydrogen-bond acceptors (Lipinski definition) is 6. The minimum atomic E-state index is -0.396. The highest BCUT2D eigenvalue weighted by atomic mass is 32.1. The molecular weight excluding hydrogens is 426 g/mol. The molecule has 1 saturated heterocycles. The molecule has 1 aromatic heterocycles. The first-order valence-corrected chi connectivity index (χ1v) is 12.2. The molecule has 1 saturated carbocycles. The molecule has 1 aliphatic carbocycles. The molecule has 3 amide bonds. The monoisotopic (exact) mass is 455 g/mol. The summed E-state index contributed by atoms with van der Waals surface area (Å²) in [7, 11) is 0. The summed E-state index contributed by atoms with van der Waals surface area (Å²) in [5, 5.41) is 14.1. The van der Waals surface area contributed by atoms with E-state index >= 15 is 0 Å². The maximum atomic E-state index is 13.0. The summed E-state index contributed by atoms with van der Waals surface area (Å²) in [5.74, 6) is -0.820. The molecule has 2 aromatic rings. The van der Waals surface area contributed by atoms with Crippen molar-refractivity contribution >= 4 is 34.7 Å². The first-order chi connectivity index (χ1) is 15.6. The Morgan fingerprint density at radius 1 is 0.906 bits per heavy atom. The van der Waals surface area contributed by atoms with Gasteiger partial charge in [0.05, 0.1) is 5.92 Å². The molecule has 1 atom stereocenters.